The Balaban J connectivity index is 1.85. The van der Waals surface area contributed by atoms with Gasteiger partial charge in [0.1, 0.15) is 0 Å². The van der Waals surface area contributed by atoms with E-state index in [2.05, 4.69) is 73.8 Å². The quantitative estimate of drug-likeness (QED) is 0.831. The van der Waals surface area contributed by atoms with Crippen molar-refractivity contribution in [2.75, 3.05) is 5.75 Å². The standard InChI is InChI=1S/C19H23NS/c1-14(2)19(15-8-4-3-5-9-15)20-17-12-13-21-18-11-7-6-10-16(17)18/h3-11,14,17,19-20H,12-13H2,1-2H3. The molecule has 1 aliphatic heterocycles. The Hall–Kier alpha value is -1.25. The molecule has 3 rings (SSSR count). The molecule has 1 N–H and O–H groups in total. The first kappa shape index (κ1) is 14.7. The minimum absolute atomic E-state index is 0.410. The van der Waals surface area contributed by atoms with Crippen molar-refractivity contribution in [2.45, 2.75) is 37.2 Å². The van der Waals surface area contributed by atoms with Gasteiger partial charge >= 0.3 is 0 Å². The molecule has 0 spiro atoms. The SMILES string of the molecule is CC(C)C(NC1CCSc2ccccc21)c1ccccc1. The molecule has 0 radical (unpaired) electrons. The van der Waals surface area contributed by atoms with E-state index in [1.165, 1.54) is 28.2 Å². The van der Waals surface area contributed by atoms with E-state index >= 15 is 0 Å². The first-order valence-corrected chi connectivity index (χ1v) is 8.77. The van der Waals surface area contributed by atoms with Crippen LogP contribution in [-0.2, 0) is 0 Å². The summed E-state index contributed by atoms with van der Waals surface area (Å²) < 4.78 is 0. The lowest BCUT2D eigenvalue weighted by Gasteiger charge is -2.32. The highest BCUT2D eigenvalue weighted by Crippen LogP contribution is 2.38. The van der Waals surface area contributed by atoms with E-state index in [1.807, 2.05) is 11.8 Å². The second-order valence-corrected chi connectivity index (χ2v) is 7.16. The maximum absolute atomic E-state index is 3.91. The molecule has 2 aromatic rings. The van der Waals surface area contributed by atoms with Gasteiger partial charge in [-0.15, -0.1) is 11.8 Å². The fourth-order valence-electron chi connectivity index (χ4n) is 3.07. The van der Waals surface area contributed by atoms with Gasteiger partial charge in [-0.3, -0.25) is 0 Å². The third-order valence-electron chi connectivity index (χ3n) is 4.16. The van der Waals surface area contributed by atoms with Crippen molar-refractivity contribution in [1.29, 1.82) is 0 Å². The van der Waals surface area contributed by atoms with E-state index in [1.54, 1.807) is 0 Å². The van der Waals surface area contributed by atoms with Crippen LogP contribution in [0.4, 0.5) is 0 Å². The zero-order valence-corrected chi connectivity index (χ0v) is 13.6. The molecule has 0 aromatic heterocycles. The van der Waals surface area contributed by atoms with Gasteiger partial charge in [-0.1, -0.05) is 62.4 Å². The second-order valence-electron chi connectivity index (χ2n) is 6.03. The molecule has 0 saturated heterocycles. The predicted molar refractivity (Wildman–Crippen MR) is 91.7 cm³/mol. The van der Waals surface area contributed by atoms with Gasteiger partial charge in [0.05, 0.1) is 0 Å². The molecule has 1 heterocycles. The van der Waals surface area contributed by atoms with E-state index < -0.39 is 0 Å². The molecule has 0 saturated carbocycles. The average molecular weight is 297 g/mol. The molecular formula is C19H23NS. The summed E-state index contributed by atoms with van der Waals surface area (Å²) in [4.78, 5) is 1.44. The van der Waals surface area contributed by atoms with Crippen molar-refractivity contribution in [3.63, 3.8) is 0 Å². The summed E-state index contributed by atoms with van der Waals surface area (Å²) in [7, 11) is 0. The van der Waals surface area contributed by atoms with Crippen LogP contribution in [-0.4, -0.2) is 5.75 Å². The smallest absolute Gasteiger partial charge is 0.0348 e. The van der Waals surface area contributed by atoms with Crippen LogP contribution < -0.4 is 5.32 Å². The summed E-state index contributed by atoms with van der Waals surface area (Å²) in [5.41, 5.74) is 2.86. The van der Waals surface area contributed by atoms with Gasteiger partial charge in [-0.2, -0.15) is 0 Å². The highest BCUT2D eigenvalue weighted by molar-refractivity contribution is 7.99. The van der Waals surface area contributed by atoms with Gasteiger partial charge in [0.25, 0.3) is 0 Å². The molecule has 2 atom stereocenters. The van der Waals surface area contributed by atoms with Crippen molar-refractivity contribution in [2.24, 2.45) is 5.92 Å². The summed E-state index contributed by atoms with van der Waals surface area (Å²) in [5, 5.41) is 3.91. The molecule has 1 nitrogen and oxygen atoms in total. The monoisotopic (exact) mass is 297 g/mol. The van der Waals surface area contributed by atoms with Crippen LogP contribution in [0.5, 0.6) is 0 Å². The molecule has 0 fully saturated rings. The van der Waals surface area contributed by atoms with Gasteiger partial charge in [0, 0.05) is 17.0 Å². The summed E-state index contributed by atoms with van der Waals surface area (Å²) in [5.74, 6) is 1.78. The van der Waals surface area contributed by atoms with Crippen molar-refractivity contribution < 1.29 is 0 Å². The summed E-state index contributed by atoms with van der Waals surface area (Å²) in [6.45, 7) is 4.60. The van der Waals surface area contributed by atoms with Crippen LogP contribution in [0.3, 0.4) is 0 Å². The highest BCUT2D eigenvalue weighted by Gasteiger charge is 2.25. The normalized spacial score (nSPS) is 19.3. The van der Waals surface area contributed by atoms with E-state index in [-0.39, 0.29) is 0 Å². The molecule has 2 heteroatoms. The van der Waals surface area contributed by atoms with Crippen LogP contribution >= 0.6 is 11.8 Å². The zero-order chi connectivity index (χ0) is 14.7. The molecule has 2 aromatic carbocycles. The van der Waals surface area contributed by atoms with Gasteiger partial charge in [0.2, 0.25) is 0 Å². The van der Waals surface area contributed by atoms with E-state index in [9.17, 15) is 0 Å². The van der Waals surface area contributed by atoms with Crippen LogP contribution in [0.1, 0.15) is 43.5 Å². The fourth-order valence-corrected chi connectivity index (χ4v) is 4.19. The third kappa shape index (κ3) is 3.33. The molecule has 110 valence electrons. The van der Waals surface area contributed by atoms with Crippen molar-refractivity contribution >= 4 is 11.8 Å². The topological polar surface area (TPSA) is 12.0 Å². The van der Waals surface area contributed by atoms with Gasteiger partial charge in [-0.05, 0) is 35.3 Å². The van der Waals surface area contributed by atoms with E-state index in [0.717, 1.165) is 0 Å². The molecule has 2 unspecified atom stereocenters. The Morgan fingerprint density at radius 1 is 1.00 bits per heavy atom. The first-order valence-electron chi connectivity index (χ1n) is 7.78. The minimum atomic E-state index is 0.410. The molecule has 1 aliphatic rings. The van der Waals surface area contributed by atoms with E-state index in [4.69, 9.17) is 0 Å². The fraction of sp³-hybridized carbons (Fsp3) is 0.368. The predicted octanol–water partition coefficient (Wildman–Crippen LogP) is 5.21. The molecular weight excluding hydrogens is 274 g/mol. The number of rotatable bonds is 4. The van der Waals surface area contributed by atoms with Crippen LogP contribution in [0.2, 0.25) is 0 Å². The first-order chi connectivity index (χ1) is 10.3. The third-order valence-corrected chi connectivity index (χ3v) is 5.29. The lowest BCUT2D eigenvalue weighted by Crippen LogP contribution is -2.31. The largest absolute Gasteiger partial charge is 0.303 e. The maximum atomic E-state index is 3.91. The van der Waals surface area contributed by atoms with Crippen molar-refractivity contribution in [1.82, 2.24) is 5.32 Å². The van der Waals surface area contributed by atoms with E-state index in [0.29, 0.717) is 18.0 Å². The Kier molecular flexibility index (Phi) is 4.67. The van der Waals surface area contributed by atoms with Crippen molar-refractivity contribution in [3.8, 4) is 0 Å². The average Bonchev–Trinajstić information content (AvgIpc) is 2.53. The Bertz CT molecular complexity index is 579. The van der Waals surface area contributed by atoms with Gasteiger partial charge < -0.3 is 5.32 Å². The summed E-state index contributed by atoms with van der Waals surface area (Å²) in [6, 6.07) is 20.5. The van der Waals surface area contributed by atoms with Crippen LogP contribution in [0, 0.1) is 5.92 Å². The zero-order valence-electron chi connectivity index (χ0n) is 12.8. The number of fused-ring (bicyclic) bond motifs is 1. The number of thioether (sulfide) groups is 1. The second kappa shape index (κ2) is 6.67. The lowest BCUT2D eigenvalue weighted by molar-refractivity contribution is 0.354. The van der Waals surface area contributed by atoms with Gasteiger partial charge in [-0.25, -0.2) is 0 Å². The lowest BCUT2D eigenvalue weighted by atomic mass is 9.93. The van der Waals surface area contributed by atoms with Crippen LogP contribution in [0.25, 0.3) is 0 Å². The summed E-state index contributed by atoms with van der Waals surface area (Å²) >= 11 is 1.98. The number of hydrogen-bond donors (Lipinski definition) is 1. The maximum Gasteiger partial charge on any atom is 0.0348 e. The number of hydrogen-bond acceptors (Lipinski definition) is 2. The highest BCUT2D eigenvalue weighted by atomic mass is 32.2. The number of nitrogens with one attached hydrogen (secondary N) is 1. The van der Waals surface area contributed by atoms with Crippen LogP contribution in [0.15, 0.2) is 59.5 Å². The Morgan fingerprint density at radius 2 is 1.71 bits per heavy atom. The van der Waals surface area contributed by atoms with Gasteiger partial charge in [0.15, 0.2) is 0 Å². The summed E-state index contributed by atoms with van der Waals surface area (Å²) in [6.07, 6.45) is 1.21. The molecule has 21 heavy (non-hydrogen) atoms. The number of benzene rings is 2. The Morgan fingerprint density at radius 3 is 2.48 bits per heavy atom. The van der Waals surface area contributed by atoms with Crippen molar-refractivity contribution in [3.05, 3.63) is 65.7 Å². The molecule has 0 amide bonds. The molecule has 0 aliphatic carbocycles. The minimum Gasteiger partial charge on any atom is -0.303 e. The Labute approximate surface area is 132 Å². The molecule has 0 bridgehead atoms.